The van der Waals surface area contributed by atoms with Gasteiger partial charge in [0.15, 0.2) is 0 Å². The van der Waals surface area contributed by atoms with Crippen LogP contribution in [-0.4, -0.2) is 29.2 Å². The van der Waals surface area contributed by atoms with Gasteiger partial charge in [-0.15, -0.1) is 0 Å². The number of aromatic nitrogens is 2. The standard InChI is InChI=1S/C22H19N3O2/c26-22(25-11-5-6-16-12-23-15-24-13-16)27-14-21-19-9-3-1-7-17(19)18-8-2-4-10-20(18)21/h1-10,12-13,15,21H,11,14H2,(H,25,26). The van der Waals surface area contributed by atoms with Gasteiger partial charge in [0.2, 0.25) is 0 Å². The minimum absolute atomic E-state index is 0.0696. The molecule has 2 aromatic carbocycles. The van der Waals surface area contributed by atoms with E-state index in [9.17, 15) is 4.79 Å². The normalized spacial score (nSPS) is 12.6. The molecule has 1 amide bonds. The molecule has 0 bridgehead atoms. The van der Waals surface area contributed by atoms with E-state index < -0.39 is 6.09 Å². The van der Waals surface area contributed by atoms with Gasteiger partial charge in [-0.05, 0) is 22.3 Å². The summed E-state index contributed by atoms with van der Waals surface area (Å²) >= 11 is 0. The van der Waals surface area contributed by atoms with Crippen molar-refractivity contribution in [3.05, 3.63) is 90.0 Å². The van der Waals surface area contributed by atoms with Crippen LogP contribution in [0.2, 0.25) is 0 Å². The van der Waals surface area contributed by atoms with E-state index in [0.29, 0.717) is 13.2 Å². The van der Waals surface area contributed by atoms with Crippen molar-refractivity contribution < 1.29 is 9.53 Å². The van der Waals surface area contributed by atoms with Crippen LogP contribution in [0.3, 0.4) is 0 Å². The van der Waals surface area contributed by atoms with Crippen molar-refractivity contribution in [2.24, 2.45) is 0 Å². The zero-order valence-electron chi connectivity index (χ0n) is 14.7. The van der Waals surface area contributed by atoms with Crippen LogP contribution in [0.15, 0.2) is 73.3 Å². The highest BCUT2D eigenvalue weighted by Gasteiger charge is 2.28. The SMILES string of the molecule is O=C(NCC=Cc1cncnc1)OCC1c2ccccc2-c2ccccc21. The van der Waals surface area contributed by atoms with Gasteiger partial charge in [0, 0.05) is 30.4 Å². The van der Waals surface area contributed by atoms with Gasteiger partial charge in [0.1, 0.15) is 12.9 Å². The molecular formula is C22H19N3O2. The first-order chi connectivity index (χ1) is 13.3. The van der Waals surface area contributed by atoms with Gasteiger partial charge in [-0.25, -0.2) is 14.8 Å². The molecular weight excluding hydrogens is 338 g/mol. The van der Waals surface area contributed by atoms with Crippen molar-refractivity contribution in [2.45, 2.75) is 5.92 Å². The molecule has 5 heteroatoms. The minimum Gasteiger partial charge on any atom is -0.449 e. The van der Waals surface area contributed by atoms with Crippen LogP contribution in [-0.2, 0) is 4.74 Å². The number of alkyl carbamates (subject to hydrolysis) is 1. The smallest absolute Gasteiger partial charge is 0.407 e. The van der Waals surface area contributed by atoms with Gasteiger partial charge in [-0.1, -0.05) is 60.7 Å². The predicted molar refractivity (Wildman–Crippen MR) is 104 cm³/mol. The third-order valence-electron chi connectivity index (χ3n) is 4.60. The van der Waals surface area contributed by atoms with E-state index in [1.54, 1.807) is 12.4 Å². The molecule has 0 saturated heterocycles. The topological polar surface area (TPSA) is 64.1 Å². The molecule has 0 spiro atoms. The first-order valence-corrected chi connectivity index (χ1v) is 8.83. The lowest BCUT2D eigenvalue weighted by molar-refractivity contribution is 0.144. The molecule has 1 aliphatic rings. The highest BCUT2D eigenvalue weighted by molar-refractivity contribution is 5.79. The Morgan fingerprint density at radius 2 is 1.63 bits per heavy atom. The van der Waals surface area contributed by atoms with Crippen LogP contribution in [0.5, 0.6) is 0 Å². The Morgan fingerprint density at radius 1 is 1.00 bits per heavy atom. The molecule has 0 radical (unpaired) electrons. The first-order valence-electron chi connectivity index (χ1n) is 8.83. The number of rotatable bonds is 5. The summed E-state index contributed by atoms with van der Waals surface area (Å²) in [5.74, 6) is 0.0696. The largest absolute Gasteiger partial charge is 0.449 e. The van der Waals surface area contributed by atoms with Gasteiger partial charge in [0.25, 0.3) is 0 Å². The fraction of sp³-hybridized carbons (Fsp3) is 0.136. The third kappa shape index (κ3) is 3.72. The van der Waals surface area contributed by atoms with Crippen LogP contribution >= 0.6 is 0 Å². The Labute approximate surface area is 157 Å². The van der Waals surface area contributed by atoms with Gasteiger partial charge in [0.05, 0.1) is 0 Å². The Balaban J connectivity index is 1.35. The fourth-order valence-corrected chi connectivity index (χ4v) is 3.38. The zero-order chi connectivity index (χ0) is 18.5. The Morgan fingerprint density at radius 3 is 2.30 bits per heavy atom. The van der Waals surface area contributed by atoms with Gasteiger partial charge >= 0.3 is 6.09 Å². The minimum atomic E-state index is -0.425. The number of benzene rings is 2. The number of carbonyl (C=O) groups excluding carboxylic acids is 1. The van der Waals surface area contributed by atoms with Crippen molar-refractivity contribution in [2.75, 3.05) is 13.2 Å². The van der Waals surface area contributed by atoms with Crippen molar-refractivity contribution in [3.8, 4) is 11.1 Å². The third-order valence-corrected chi connectivity index (χ3v) is 4.60. The van der Waals surface area contributed by atoms with Crippen LogP contribution in [0.1, 0.15) is 22.6 Å². The predicted octanol–water partition coefficient (Wildman–Crippen LogP) is 4.03. The maximum atomic E-state index is 12.0. The van der Waals surface area contributed by atoms with Crippen molar-refractivity contribution in [3.63, 3.8) is 0 Å². The molecule has 0 aliphatic heterocycles. The Hall–Kier alpha value is -3.47. The number of ether oxygens (including phenoxy) is 1. The van der Waals surface area contributed by atoms with Crippen LogP contribution in [0.25, 0.3) is 17.2 Å². The molecule has 1 N–H and O–H groups in total. The molecule has 3 aromatic rings. The molecule has 4 rings (SSSR count). The molecule has 0 saturated carbocycles. The van der Waals surface area contributed by atoms with Gasteiger partial charge in [-0.2, -0.15) is 0 Å². The Bertz CT molecular complexity index is 925. The lowest BCUT2D eigenvalue weighted by Gasteiger charge is -2.14. The maximum Gasteiger partial charge on any atom is 0.407 e. The molecule has 0 atom stereocenters. The molecule has 1 heterocycles. The first kappa shape index (κ1) is 17.0. The average Bonchev–Trinajstić information content (AvgIpc) is 3.04. The number of hydrogen-bond donors (Lipinski definition) is 1. The van der Waals surface area contributed by atoms with E-state index in [1.165, 1.54) is 28.6 Å². The number of nitrogens with zero attached hydrogens (tertiary/aromatic N) is 2. The summed E-state index contributed by atoms with van der Waals surface area (Å²) in [5.41, 5.74) is 5.73. The highest BCUT2D eigenvalue weighted by Crippen LogP contribution is 2.44. The number of hydrogen-bond acceptors (Lipinski definition) is 4. The van der Waals surface area contributed by atoms with Crippen LogP contribution < -0.4 is 5.32 Å². The second-order valence-corrected chi connectivity index (χ2v) is 6.28. The van der Waals surface area contributed by atoms with Crippen LogP contribution in [0.4, 0.5) is 4.79 Å². The van der Waals surface area contributed by atoms with Crippen molar-refractivity contribution >= 4 is 12.2 Å². The summed E-state index contributed by atoms with van der Waals surface area (Å²) < 4.78 is 5.48. The lowest BCUT2D eigenvalue weighted by Crippen LogP contribution is -2.26. The molecule has 27 heavy (non-hydrogen) atoms. The fourth-order valence-electron chi connectivity index (χ4n) is 3.38. The lowest BCUT2D eigenvalue weighted by atomic mass is 9.98. The summed E-state index contributed by atoms with van der Waals surface area (Å²) in [6.45, 7) is 0.696. The van der Waals surface area contributed by atoms with E-state index in [1.807, 2.05) is 36.4 Å². The summed E-state index contributed by atoms with van der Waals surface area (Å²) in [6, 6.07) is 16.6. The number of carbonyl (C=O) groups is 1. The van der Waals surface area contributed by atoms with Gasteiger partial charge in [-0.3, -0.25) is 0 Å². The quantitative estimate of drug-likeness (QED) is 0.749. The number of amides is 1. The van der Waals surface area contributed by atoms with E-state index in [4.69, 9.17) is 4.74 Å². The second kappa shape index (κ2) is 7.83. The van der Waals surface area contributed by atoms with E-state index in [0.717, 1.165) is 5.56 Å². The number of nitrogens with one attached hydrogen (secondary N) is 1. The van der Waals surface area contributed by atoms with Gasteiger partial charge < -0.3 is 10.1 Å². The summed E-state index contributed by atoms with van der Waals surface area (Å²) in [4.78, 5) is 19.9. The maximum absolute atomic E-state index is 12.0. The van der Waals surface area contributed by atoms with Crippen LogP contribution in [0, 0.1) is 0 Å². The highest BCUT2D eigenvalue weighted by atomic mass is 16.5. The zero-order valence-corrected chi connectivity index (χ0v) is 14.7. The van der Waals surface area contributed by atoms with E-state index >= 15 is 0 Å². The van der Waals surface area contributed by atoms with Crippen molar-refractivity contribution in [1.29, 1.82) is 0 Å². The molecule has 0 fully saturated rings. The molecule has 134 valence electrons. The summed E-state index contributed by atoms with van der Waals surface area (Å²) in [7, 11) is 0. The monoisotopic (exact) mass is 357 g/mol. The second-order valence-electron chi connectivity index (χ2n) is 6.28. The van der Waals surface area contributed by atoms with E-state index in [-0.39, 0.29) is 5.92 Å². The molecule has 1 aliphatic carbocycles. The molecule has 0 unspecified atom stereocenters. The summed E-state index contributed by atoms with van der Waals surface area (Å²) in [6.07, 6.45) is 8.15. The summed E-state index contributed by atoms with van der Waals surface area (Å²) in [5, 5.41) is 2.74. The Kier molecular flexibility index (Phi) is 4.92. The average molecular weight is 357 g/mol. The number of fused-ring (bicyclic) bond motifs is 3. The molecule has 1 aromatic heterocycles. The van der Waals surface area contributed by atoms with E-state index in [2.05, 4.69) is 39.6 Å². The van der Waals surface area contributed by atoms with Crippen molar-refractivity contribution in [1.82, 2.24) is 15.3 Å². The molecule has 5 nitrogen and oxygen atoms in total.